The zero-order chi connectivity index (χ0) is 20.5. The number of fused-ring (bicyclic) bond motifs is 1. The Hall–Kier alpha value is -2.86. The summed E-state index contributed by atoms with van der Waals surface area (Å²) in [5.74, 6) is 1.54. The lowest BCUT2D eigenvalue weighted by molar-refractivity contribution is -0.116. The Kier molecular flexibility index (Phi) is 5.28. The number of thiazole rings is 1. The van der Waals surface area contributed by atoms with Gasteiger partial charge in [-0.3, -0.25) is 4.79 Å². The van der Waals surface area contributed by atoms with Gasteiger partial charge in [-0.15, -0.1) is 11.3 Å². The minimum Gasteiger partial charge on any atom is -0.493 e. The van der Waals surface area contributed by atoms with Crippen molar-refractivity contribution in [2.75, 3.05) is 25.2 Å². The molecule has 0 saturated heterocycles. The summed E-state index contributed by atoms with van der Waals surface area (Å²) in [4.78, 5) is 19.7. The van der Waals surface area contributed by atoms with Crippen LogP contribution >= 0.6 is 11.3 Å². The van der Waals surface area contributed by atoms with Gasteiger partial charge in [0.05, 0.1) is 19.4 Å². The highest BCUT2D eigenvalue weighted by Crippen LogP contribution is 2.39. The summed E-state index contributed by atoms with van der Waals surface area (Å²) in [6, 6.07) is 12.2. The van der Waals surface area contributed by atoms with Crippen LogP contribution in [0.4, 0.5) is 5.69 Å². The van der Waals surface area contributed by atoms with Gasteiger partial charge in [0.2, 0.25) is 5.91 Å². The standard InChI is InChI=1S/C23H24N2O3S/c1-5-28-20-9-7-18(13-21(20)27-4)23-24-22(14(2)29-23)17-6-8-19-16(12-17)10-11-25(19)15(3)26/h6-9,12-13H,5,10-11H2,1-4H3. The first kappa shape index (κ1) is 19.5. The first-order chi connectivity index (χ1) is 14.0. The van der Waals surface area contributed by atoms with Gasteiger partial charge >= 0.3 is 0 Å². The number of aromatic nitrogens is 1. The van der Waals surface area contributed by atoms with Crippen molar-refractivity contribution in [2.45, 2.75) is 27.2 Å². The summed E-state index contributed by atoms with van der Waals surface area (Å²) < 4.78 is 11.1. The molecule has 0 bridgehead atoms. The quantitative estimate of drug-likeness (QED) is 0.589. The Balaban J connectivity index is 1.68. The molecule has 0 aliphatic carbocycles. The van der Waals surface area contributed by atoms with Crippen molar-refractivity contribution in [1.29, 1.82) is 0 Å². The Morgan fingerprint density at radius 1 is 1.17 bits per heavy atom. The van der Waals surface area contributed by atoms with Crippen LogP contribution in [-0.4, -0.2) is 31.2 Å². The SMILES string of the molecule is CCOc1ccc(-c2nc(-c3ccc4c(c3)CCN4C(C)=O)c(C)s2)cc1OC. The van der Waals surface area contributed by atoms with E-state index < -0.39 is 0 Å². The lowest BCUT2D eigenvalue weighted by Crippen LogP contribution is -2.25. The van der Waals surface area contributed by atoms with Crippen LogP contribution in [0.3, 0.4) is 0 Å². The molecule has 0 N–H and O–H groups in total. The predicted octanol–water partition coefficient (Wildman–Crippen LogP) is 5.10. The van der Waals surface area contributed by atoms with Crippen molar-refractivity contribution in [3.63, 3.8) is 0 Å². The van der Waals surface area contributed by atoms with Crippen LogP contribution in [0.2, 0.25) is 0 Å². The first-order valence-electron chi connectivity index (χ1n) is 9.71. The molecular formula is C23H24N2O3S. The lowest BCUT2D eigenvalue weighted by atomic mass is 10.1. The molecule has 0 radical (unpaired) electrons. The fraction of sp³-hybridized carbons (Fsp3) is 0.304. The van der Waals surface area contributed by atoms with Gasteiger partial charge in [-0.25, -0.2) is 4.98 Å². The molecule has 1 amide bonds. The number of hydrogen-bond acceptors (Lipinski definition) is 5. The maximum atomic E-state index is 11.8. The van der Waals surface area contributed by atoms with Crippen molar-refractivity contribution < 1.29 is 14.3 Å². The number of nitrogens with zero attached hydrogens (tertiary/aromatic N) is 2. The normalized spacial score (nSPS) is 12.8. The molecule has 150 valence electrons. The number of rotatable bonds is 5. The molecule has 2 heterocycles. The number of aryl methyl sites for hydroxylation is 1. The summed E-state index contributed by atoms with van der Waals surface area (Å²) >= 11 is 1.67. The summed E-state index contributed by atoms with van der Waals surface area (Å²) in [6.45, 7) is 7.01. The largest absolute Gasteiger partial charge is 0.493 e. The molecule has 3 aromatic rings. The third-order valence-corrected chi connectivity index (χ3v) is 6.16. The lowest BCUT2D eigenvalue weighted by Gasteiger charge is -2.14. The molecule has 0 spiro atoms. The summed E-state index contributed by atoms with van der Waals surface area (Å²) in [6.07, 6.45) is 0.884. The van der Waals surface area contributed by atoms with Gasteiger partial charge in [-0.2, -0.15) is 0 Å². The second kappa shape index (κ2) is 7.87. The van der Waals surface area contributed by atoms with Gasteiger partial charge in [0.1, 0.15) is 5.01 Å². The number of ether oxygens (including phenoxy) is 2. The molecule has 2 aromatic carbocycles. The fourth-order valence-corrected chi connectivity index (χ4v) is 4.67. The van der Waals surface area contributed by atoms with E-state index in [0.29, 0.717) is 12.4 Å². The van der Waals surface area contributed by atoms with Gasteiger partial charge in [0, 0.05) is 35.2 Å². The molecule has 1 aromatic heterocycles. The second-order valence-electron chi connectivity index (χ2n) is 6.99. The molecule has 5 nitrogen and oxygen atoms in total. The second-order valence-corrected chi connectivity index (χ2v) is 8.19. The van der Waals surface area contributed by atoms with Crippen molar-refractivity contribution >= 4 is 22.9 Å². The number of anilines is 1. The van der Waals surface area contributed by atoms with Crippen molar-refractivity contribution in [3.8, 4) is 33.3 Å². The van der Waals surface area contributed by atoms with Gasteiger partial charge in [0.25, 0.3) is 0 Å². The molecule has 0 saturated carbocycles. The fourth-order valence-electron chi connectivity index (χ4n) is 3.74. The smallest absolute Gasteiger partial charge is 0.223 e. The predicted molar refractivity (Wildman–Crippen MR) is 117 cm³/mol. The zero-order valence-corrected chi connectivity index (χ0v) is 17.9. The van der Waals surface area contributed by atoms with Crippen LogP contribution in [0, 0.1) is 6.92 Å². The van der Waals surface area contributed by atoms with E-state index in [0.717, 1.165) is 51.1 Å². The van der Waals surface area contributed by atoms with E-state index in [1.165, 1.54) is 5.56 Å². The Bertz CT molecular complexity index is 1070. The minimum atomic E-state index is 0.0908. The van der Waals surface area contributed by atoms with Crippen molar-refractivity contribution in [2.24, 2.45) is 0 Å². The van der Waals surface area contributed by atoms with Gasteiger partial charge in [-0.1, -0.05) is 6.07 Å². The van der Waals surface area contributed by atoms with Crippen molar-refractivity contribution in [3.05, 3.63) is 46.8 Å². The van der Waals surface area contributed by atoms with Gasteiger partial charge < -0.3 is 14.4 Å². The Morgan fingerprint density at radius 3 is 2.69 bits per heavy atom. The molecule has 0 unspecified atom stereocenters. The molecule has 1 aliphatic rings. The van der Waals surface area contributed by atoms with Crippen LogP contribution in [-0.2, 0) is 11.2 Å². The van der Waals surface area contributed by atoms with E-state index in [1.54, 1.807) is 25.4 Å². The summed E-state index contributed by atoms with van der Waals surface area (Å²) in [7, 11) is 1.65. The van der Waals surface area contributed by atoms with E-state index in [2.05, 4.69) is 19.1 Å². The van der Waals surface area contributed by atoms with Crippen LogP contribution < -0.4 is 14.4 Å². The maximum Gasteiger partial charge on any atom is 0.223 e. The van der Waals surface area contributed by atoms with Crippen LogP contribution in [0.25, 0.3) is 21.8 Å². The number of benzene rings is 2. The Labute approximate surface area is 174 Å². The maximum absolute atomic E-state index is 11.8. The highest BCUT2D eigenvalue weighted by molar-refractivity contribution is 7.15. The highest BCUT2D eigenvalue weighted by atomic mass is 32.1. The van der Waals surface area contributed by atoms with Crippen LogP contribution in [0.1, 0.15) is 24.3 Å². The number of methoxy groups -OCH3 is 1. The first-order valence-corrected chi connectivity index (χ1v) is 10.5. The molecule has 1 aliphatic heterocycles. The molecule has 29 heavy (non-hydrogen) atoms. The zero-order valence-electron chi connectivity index (χ0n) is 17.1. The van der Waals surface area contributed by atoms with Crippen LogP contribution in [0.15, 0.2) is 36.4 Å². The van der Waals surface area contributed by atoms with Gasteiger partial charge in [0.15, 0.2) is 11.5 Å². The van der Waals surface area contributed by atoms with E-state index in [4.69, 9.17) is 14.5 Å². The molecule has 4 rings (SSSR count). The topological polar surface area (TPSA) is 51.7 Å². The Morgan fingerprint density at radius 2 is 1.97 bits per heavy atom. The monoisotopic (exact) mass is 408 g/mol. The molecule has 0 atom stereocenters. The number of carbonyl (C=O) groups is 1. The third-order valence-electron chi connectivity index (χ3n) is 5.14. The average Bonchev–Trinajstić information content (AvgIpc) is 3.31. The number of hydrogen-bond donors (Lipinski definition) is 0. The number of carbonyl (C=O) groups excluding carboxylic acids is 1. The number of amides is 1. The summed E-state index contributed by atoms with van der Waals surface area (Å²) in [5.41, 5.74) is 5.31. The molecular weight excluding hydrogens is 384 g/mol. The third kappa shape index (κ3) is 3.60. The molecule has 0 fully saturated rings. The molecule has 6 heteroatoms. The van der Waals surface area contributed by atoms with Crippen LogP contribution in [0.5, 0.6) is 11.5 Å². The van der Waals surface area contributed by atoms with E-state index in [1.807, 2.05) is 36.1 Å². The highest BCUT2D eigenvalue weighted by Gasteiger charge is 2.23. The van der Waals surface area contributed by atoms with Crippen molar-refractivity contribution in [1.82, 2.24) is 4.98 Å². The van der Waals surface area contributed by atoms with E-state index in [9.17, 15) is 4.79 Å². The summed E-state index contributed by atoms with van der Waals surface area (Å²) in [5, 5.41) is 0.949. The average molecular weight is 409 g/mol. The minimum absolute atomic E-state index is 0.0908. The van der Waals surface area contributed by atoms with E-state index >= 15 is 0 Å². The van der Waals surface area contributed by atoms with E-state index in [-0.39, 0.29) is 5.91 Å². The van der Waals surface area contributed by atoms with Gasteiger partial charge in [-0.05, 0) is 56.2 Å².